The van der Waals surface area contributed by atoms with E-state index >= 15 is 0 Å². The number of carbonyl (C=O) groups is 1. The van der Waals surface area contributed by atoms with Gasteiger partial charge in [0.15, 0.2) is 0 Å². The second kappa shape index (κ2) is 5.09. The summed E-state index contributed by atoms with van der Waals surface area (Å²) in [5.41, 5.74) is 0.891. The molecule has 2 aliphatic carbocycles. The third kappa shape index (κ3) is 1.75. The molecule has 1 saturated heterocycles. The summed E-state index contributed by atoms with van der Waals surface area (Å²) in [6, 6.07) is 0. The molecule has 0 spiro atoms. The number of ether oxygens (including phenoxy) is 1. The number of cyclic esters (lactones) is 1. The van der Waals surface area contributed by atoms with Gasteiger partial charge in [-0.15, -0.1) is 0 Å². The third-order valence-electron chi connectivity index (χ3n) is 7.48. The van der Waals surface area contributed by atoms with Crippen LogP contribution in [0.25, 0.3) is 0 Å². The average Bonchev–Trinajstić information content (AvgIpc) is 3.08. The fraction of sp³-hybridized carbons (Fsp3) is 0.737. The molecule has 0 amide bonds. The highest BCUT2D eigenvalue weighted by Gasteiger charge is 2.65. The van der Waals surface area contributed by atoms with Gasteiger partial charge in [0.05, 0.1) is 37.8 Å². The number of aryl methyl sites for hydroxylation is 1. The molecule has 24 heavy (non-hydrogen) atoms. The van der Waals surface area contributed by atoms with E-state index in [1.54, 1.807) is 12.5 Å². The zero-order valence-electron chi connectivity index (χ0n) is 14.4. The number of rotatable bonds is 2. The van der Waals surface area contributed by atoms with Crippen LogP contribution in [0.2, 0.25) is 0 Å². The lowest BCUT2D eigenvalue weighted by Gasteiger charge is -2.62. The van der Waals surface area contributed by atoms with Crippen LogP contribution < -0.4 is 0 Å². The summed E-state index contributed by atoms with van der Waals surface area (Å²) in [6.45, 7) is 4.26. The maximum Gasteiger partial charge on any atom is 0.314 e. The summed E-state index contributed by atoms with van der Waals surface area (Å²) >= 11 is 0. The lowest BCUT2D eigenvalue weighted by Crippen LogP contribution is -2.65. The van der Waals surface area contributed by atoms with Crippen LogP contribution in [0.3, 0.4) is 0 Å². The SMILES string of the molecule is CC1(CO)C(=O)OCC2(C)C1CCC1(CO)c3cocc3CCC12. The van der Waals surface area contributed by atoms with Crippen LogP contribution in [0.15, 0.2) is 16.9 Å². The van der Waals surface area contributed by atoms with Gasteiger partial charge in [0, 0.05) is 16.4 Å². The first-order valence-electron chi connectivity index (χ1n) is 8.87. The number of aliphatic hydroxyl groups is 2. The molecule has 1 aromatic heterocycles. The van der Waals surface area contributed by atoms with Gasteiger partial charge in [-0.3, -0.25) is 4.79 Å². The Labute approximate surface area is 142 Å². The van der Waals surface area contributed by atoms with Crippen molar-refractivity contribution in [1.82, 2.24) is 0 Å². The van der Waals surface area contributed by atoms with Crippen molar-refractivity contribution in [2.75, 3.05) is 19.8 Å². The van der Waals surface area contributed by atoms with Crippen molar-refractivity contribution in [1.29, 1.82) is 0 Å². The van der Waals surface area contributed by atoms with E-state index in [2.05, 4.69) is 6.92 Å². The van der Waals surface area contributed by atoms with Gasteiger partial charge in [-0.05, 0) is 50.0 Å². The van der Waals surface area contributed by atoms with Gasteiger partial charge in [0.25, 0.3) is 0 Å². The Balaban J connectivity index is 1.82. The van der Waals surface area contributed by atoms with Crippen molar-refractivity contribution in [2.45, 2.75) is 44.9 Å². The Bertz CT molecular complexity index is 666. The zero-order chi connectivity index (χ0) is 17.2. The van der Waals surface area contributed by atoms with E-state index in [0.29, 0.717) is 6.61 Å². The minimum absolute atomic E-state index is 0.0642. The molecule has 0 radical (unpaired) electrons. The fourth-order valence-corrected chi connectivity index (χ4v) is 6.19. The topological polar surface area (TPSA) is 79.9 Å². The van der Waals surface area contributed by atoms with Gasteiger partial charge < -0.3 is 19.4 Å². The van der Waals surface area contributed by atoms with Crippen LogP contribution in [0.4, 0.5) is 0 Å². The quantitative estimate of drug-likeness (QED) is 0.809. The van der Waals surface area contributed by atoms with Crippen LogP contribution in [-0.2, 0) is 21.4 Å². The summed E-state index contributed by atoms with van der Waals surface area (Å²) in [5.74, 6) is -0.0176. The normalized spacial score (nSPS) is 44.2. The third-order valence-corrected chi connectivity index (χ3v) is 7.48. The maximum absolute atomic E-state index is 12.4. The first-order chi connectivity index (χ1) is 11.4. The number of furan rings is 1. The van der Waals surface area contributed by atoms with E-state index in [9.17, 15) is 15.0 Å². The van der Waals surface area contributed by atoms with Gasteiger partial charge in [-0.2, -0.15) is 0 Å². The molecule has 2 heterocycles. The van der Waals surface area contributed by atoms with E-state index < -0.39 is 5.41 Å². The molecule has 5 heteroatoms. The predicted molar refractivity (Wildman–Crippen MR) is 86.3 cm³/mol. The number of hydrogen-bond acceptors (Lipinski definition) is 5. The monoisotopic (exact) mass is 334 g/mol. The van der Waals surface area contributed by atoms with Gasteiger partial charge in [-0.25, -0.2) is 0 Å². The molecule has 132 valence electrons. The molecule has 4 rings (SSSR count). The molecule has 0 aromatic carbocycles. The molecule has 5 nitrogen and oxygen atoms in total. The Morgan fingerprint density at radius 3 is 2.67 bits per heavy atom. The minimum atomic E-state index is -0.856. The van der Waals surface area contributed by atoms with Crippen molar-refractivity contribution in [2.24, 2.45) is 22.7 Å². The number of carbonyl (C=O) groups excluding carboxylic acids is 1. The lowest BCUT2D eigenvalue weighted by molar-refractivity contribution is -0.211. The molecule has 0 bridgehead atoms. The first kappa shape index (κ1) is 16.2. The highest BCUT2D eigenvalue weighted by Crippen LogP contribution is 2.64. The fourth-order valence-electron chi connectivity index (χ4n) is 6.19. The summed E-state index contributed by atoms with van der Waals surface area (Å²) in [6.07, 6.45) is 7.06. The number of esters is 1. The first-order valence-corrected chi connectivity index (χ1v) is 8.87. The van der Waals surface area contributed by atoms with Gasteiger partial charge in [0.1, 0.15) is 0 Å². The minimum Gasteiger partial charge on any atom is -0.472 e. The number of fused-ring (bicyclic) bond motifs is 5. The molecule has 1 aliphatic heterocycles. The molecule has 1 saturated carbocycles. The van der Waals surface area contributed by atoms with Crippen LogP contribution in [-0.4, -0.2) is 36.0 Å². The van der Waals surface area contributed by atoms with Crippen molar-refractivity contribution < 1.29 is 24.2 Å². The summed E-state index contributed by atoms with van der Waals surface area (Å²) in [7, 11) is 0. The van der Waals surface area contributed by atoms with Crippen molar-refractivity contribution >= 4 is 5.97 Å². The zero-order valence-corrected chi connectivity index (χ0v) is 14.4. The molecule has 1 aromatic rings. The van der Waals surface area contributed by atoms with Crippen LogP contribution >= 0.6 is 0 Å². The predicted octanol–water partition coefficient (Wildman–Crippen LogP) is 2.04. The van der Waals surface area contributed by atoms with E-state index in [-0.39, 0.29) is 41.8 Å². The molecule has 5 unspecified atom stereocenters. The van der Waals surface area contributed by atoms with Crippen molar-refractivity contribution in [3.05, 3.63) is 23.7 Å². The molecule has 2 fully saturated rings. The molecule has 5 atom stereocenters. The van der Waals surface area contributed by atoms with Crippen LogP contribution in [0.1, 0.15) is 44.2 Å². The highest BCUT2D eigenvalue weighted by atomic mass is 16.5. The number of aliphatic hydroxyl groups excluding tert-OH is 2. The van der Waals surface area contributed by atoms with E-state index in [1.165, 1.54) is 5.56 Å². The summed E-state index contributed by atoms with van der Waals surface area (Å²) < 4.78 is 11.0. The Hall–Kier alpha value is -1.33. The van der Waals surface area contributed by atoms with Gasteiger partial charge in [-0.1, -0.05) is 6.92 Å². The van der Waals surface area contributed by atoms with Crippen LogP contribution in [0.5, 0.6) is 0 Å². The highest BCUT2D eigenvalue weighted by molar-refractivity contribution is 5.78. The second-order valence-electron chi connectivity index (χ2n) is 8.47. The molecule has 3 aliphatic rings. The molecule has 2 N–H and O–H groups in total. The van der Waals surface area contributed by atoms with Gasteiger partial charge >= 0.3 is 5.97 Å². The average molecular weight is 334 g/mol. The maximum atomic E-state index is 12.4. The Morgan fingerprint density at radius 2 is 1.96 bits per heavy atom. The number of hydrogen-bond donors (Lipinski definition) is 2. The van der Waals surface area contributed by atoms with Crippen molar-refractivity contribution in [3.8, 4) is 0 Å². The van der Waals surface area contributed by atoms with Crippen molar-refractivity contribution in [3.63, 3.8) is 0 Å². The molecular formula is C19H26O5. The smallest absolute Gasteiger partial charge is 0.314 e. The van der Waals surface area contributed by atoms with E-state index in [0.717, 1.165) is 31.2 Å². The lowest BCUT2D eigenvalue weighted by atomic mass is 9.43. The summed E-state index contributed by atoms with van der Waals surface area (Å²) in [4.78, 5) is 12.4. The van der Waals surface area contributed by atoms with E-state index in [1.807, 2.05) is 6.92 Å². The van der Waals surface area contributed by atoms with E-state index in [4.69, 9.17) is 9.15 Å². The Morgan fingerprint density at radius 1 is 1.17 bits per heavy atom. The Kier molecular flexibility index (Phi) is 3.42. The second-order valence-corrected chi connectivity index (χ2v) is 8.47. The van der Waals surface area contributed by atoms with Crippen LogP contribution in [0, 0.1) is 22.7 Å². The largest absolute Gasteiger partial charge is 0.472 e. The molecular weight excluding hydrogens is 308 g/mol. The standard InChI is InChI=1S/C19H26O5/c1-17(9-20)14-5-6-19(10-21)13-8-23-7-12(13)3-4-15(19)18(14,2)11-24-16(17)22/h7-8,14-15,20-21H,3-6,9-11H2,1-2H3. The summed E-state index contributed by atoms with van der Waals surface area (Å²) in [5, 5.41) is 20.3. The van der Waals surface area contributed by atoms with Gasteiger partial charge in [0.2, 0.25) is 0 Å².